The normalized spacial score (nSPS) is 13.8. The molecule has 0 aromatic carbocycles. The zero-order valence-electron chi connectivity index (χ0n) is 7.99. The van der Waals surface area contributed by atoms with Crippen LogP contribution in [0.25, 0.3) is 0 Å². The fraction of sp³-hybridized carbons (Fsp3) is 0.875. The monoisotopic (exact) mass is 188 g/mol. The van der Waals surface area contributed by atoms with E-state index in [1.54, 1.807) is 13.8 Å². The van der Waals surface area contributed by atoms with Crippen LogP contribution in [0.4, 0.5) is 0 Å². The number of nitroso groups, excluding NO2 is 1. The van der Waals surface area contributed by atoms with Gasteiger partial charge in [-0.15, -0.1) is 0 Å². The fourth-order valence-corrected chi connectivity index (χ4v) is 0.924. The van der Waals surface area contributed by atoms with Crippen molar-refractivity contribution in [2.75, 3.05) is 0 Å². The van der Waals surface area contributed by atoms with Crippen LogP contribution in [0.3, 0.4) is 0 Å². The van der Waals surface area contributed by atoms with Gasteiger partial charge >= 0.3 is 5.97 Å². The van der Waals surface area contributed by atoms with Crippen LogP contribution < -0.4 is 5.73 Å². The maximum Gasteiger partial charge on any atom is 0.320 e. The highest BCUT2D eigenvalue weighted by Gasteiger charge is 2.19. The van der Waals surface area contributed by atoms with Gasteiger partial charge in [0.15, 0.2) is 0 Å². The molecule has 0 rings (SSSR count). The first-order chi connectivity index (χ1) is 5.89. The van der Waals surface area contributed by atoms with E-state index in [4.69, 9.17) is 10.8 Å². The molecule has 0 aliphatic heterocycles. The van der Waals surface area contributed by atoms with Gasteiger partial charge in [0.2, 0.25) is 0 Å². The summed E-state index contributed by atoms with van der Waals surface area (Å²) in [4.78, 5) is 20.6. The highest BCUT2D eigenvalue weighted by molar-refractivity contribution is 5.72. The third-order valence-corrected chi connectivity index (χ3v) is 1.87. The first kappa shape index (κ1) is 12.0. The summed E-state index contributed by atoms with van der Waals surface area (Å²) in [6, 6.07) is -0.831. The molecule has 0 radical (unpaired) electrons. The smallest absolute Gasteiger partial charge is 0.320 e. The van der Waals surface area contributed by atoms with Crippen LogP contribution in [0.5, 0.6) is 0 Å². The summed E-state index contributed by atoms with van der Waals surface area (Å²) in [5.41, 5.74) is 4.67. The van der Waals surface area contributed by atoms with Gasteiger partial charge in [-0.3, -0.25) is 4.79 Å². The second kappa shape index (κ2) is 4.91. The van der Waals surface area contributed by atoms with Gasteiger partial charge in [0.05, 0.1) is 5.54 Å². The Labute approximate surface area is 77.3 Å². The molecule has 0 saturated carbocycles. The number of carboxylic acids is 1. The van der Waals surface area contributed by atoms with Crippen LogP contribution >= 0.6 is 0 Å². The second-order valence-electron chi connectivity index (χ2n) is 3.74. The van der Waals surface area contributed by atoms with E-state index in [0.29, 0.717) is 19.3 Å². The summed E-state index contributed by atoms with van der Waals surface area (Å²) < 4.78 is 0. The van der Waals surface area contributed by atoms with Gasteiger partial charge in [-0.2, -0.15) is 4.91 Å². The van der Waals surface area contributed by atoms with Gasteiger partial charge in [-0.05, 0) is 33.1 Å². The number of carbonyl (C=O) groups is 1. The molecule has 76 valence electrons. The Morgan fingerprint density at radius 2 is 2.15 bits per heavy atom. The molecule has 0 fully saturated rings. The Morgan fingerprint density at radius 3 is 2.54 bits per heavy atom. The number of hydrogen-bond acceptors (Lipinski definition) is 4. The summed E-state index contributed by atoms with van der Waals surface area (Å²) in [5, 5.41) is 11.4. The molecule has 0 bridgehead atoms. The topological polar surface area (TPSA) is 92.8 Å². The fourth-order valence-electron chi connectivity index (χ4n) is 0.924. The zero-order chi connectivity index (χ0) is 10.5. The van der Waals surface area contributed by atoms with Crippen molar-refractivity contribution in [2.45, 2.75) is 44.7 Å². The molecule has 0 aliphatic carbocycles. The molecule has 1 atom stereocenters. The van der Waals surface area contributed by atoms with Crippen LogP contribution in [0, 0.1) is 4.91 Å². The molecular weight excluding hydrogens is 172 g/mol. The van der Waals surface area contributed by atoms with Gasteiger partial charge in [-0.1, -0.05) is 5.18 Å². The Hall–Kier alpha value is -0.970. The van der Waals surface area contributed by atoms with E-state index in [1.165, 1.54) is 0 Å². The quantitative estimate of drug-likeness (QED) is 0.610. The number of carboxylic acid groups (broad SMARTS) is 1. The van der Waals surface area contributed by atoms with Crippen molar-refractivity contribution in [3.8, 4) is 0 Å². The highest BCUT2D eigenvalue weighted by atomic mass is 16.4. The Morgan fingerprint density at radius 1 is 1.62 bits per heavy atom. The lowest BCUT2D eigenvalue weighted by Gasteiger charge is -2.15. The minimum Gasteiger partial charge on any atom is -0.480 e. The van der Waals surface area contributed by atoms with Crippen molar-refractivity contribution in [1.29, 1.82) is 0 Å². The molecule has 0 saturated heterocycles. The van der Waals surface area contributed by atoms with Crippen LogP contribution in [-0.4, -0.2) is 22.7 Å². The van der Waals surface area contributed by atoms with E-state index in [1.807, 2.05) is 0 Å². The molecule has 0 heterocycles. The second-order valence-corrected chi connectivity index (χ2v) is 3.74. The van der Waals surface area contributed by atoms with E-state index in [2.05, 4.69) is 5.18 Å². The minimum atomic E-state index is -1.00. The van der Waals surface area contributed by atoms with Crippen molar-refractivity contribution in [2.24, 2.45) is 10.9 Å². The first-order valence-corrected chi connectivity index (χ1v) is 4.22. The zero-order valence-corrected chi connectivity index (χ0v) is 7.99. The summed E-state index contributed by atoms with van der Waals surface area (Å²) in [6.45, 7) is 3.43. The molecule has 5 nitrogen and oxygen atoms in total. The van der Waals surface area contributed by atoms with Crippen molar-refractivity contribution in [1.82, 2.24) is 0 Å². The lowest BCUT2D eigenvalue weighted by Crippen LogP contribution is -2.30. The number of rotatable bonds is 6. The van der Waals surface area contributed by atoms with E-state index in [9.17, 15) is 9.70 Å². The molecule has 0 aliphatic rings. The molecule has 1 unspecified atom stereocenters. The average Bonchev–Trinajstić information content (AvgIpc) is 2.04. The molecule has 0 aromatic heterocycles. The highest BCUT2D eigenvalue weighted by Crippen LogP contribution is 2.17. The van der Waals surface area contributed by atoms with E-state index >= 15 is 0 Å². The summed E-state index contributed by atoms with van der Waals surface area (Å²) >= 11 is 0. The van der Waals surface area contributed by atoms with Crippen LogP contribution in [0.1, 0.15) is 33.1 Å². The molecule has 3 N–H and O–H groups in total. The van der Waals surface area contributed by atoms with E-state index < -0.39 is 17.6 Å². The van der Waals surface area contributed by atoms with Gasteiger partial charge in [0, 0.05) is 0 Å². The number of aliphatic carboxylic acids is 1. The summed E-state index contributed by atoms with van der Waals surface area (Å²) in [5.74, 6) is -1.00. The number of nitrogens with zero attached hydrogens (tertiary/aromatic N) is 1. The lowest BCUT2D eigenvalue weighted by atomic mass is 9.97. The number of hydrogen-bond donors (Lipinski definition) is 2. The third kappa shape index (κ3) is 5.30. The van der Waals surface area contributed by atoms with Gasteiger partial charge < -0.3 is 10.8 Å². The Kier molecular flexibility index (Phi) is 4.55. The predicted molar refractivity (Wildman–Crippen MR) is 49.3 cm³/mol. The largest absolute Gasteiger partial charge is 0.480 e. The summed E-state index contributed by atoms with van der Waals surface area (Å²) in [6.07, 6.45) is 1.55. The van der Waals surface area contributed by atoms with E-state index in [0.717, 1.165) is 0 Å². The van der Waals surface area contributed by atoms with Gasteiger partial charge in [0.25, 0.3) is 0 Å². The molecule has 0 spiro atoms. The van der Waals surface area contributed by atoms with Crippen molar-refractivity contribution in [3.63, 3.8) is 0 Å². The van der Waals surface area contributed by atoms with Crippen LogP contribution in [0.15, 0.2) is 5.18 Å². The van der Waals surface area contributed by atoms with Crippen LogP contribution in [0.2, 0.25) is 0 Å². The van der Waals surface area contributed by atoms with Crippen molar-refractivity contribution >= 4 is 5.97 Å². The minimum absolute atomic E-state index is 0.383. The molecule has 0 aromatic rings. The van der Waals surface area contributed by atoms with Crippen molar-refractivity contribution in [3.05, 3.63) is 4.91 Å². The van der Waals surface area contributed by atoms with E-state index in [-0.39, 0.29) is 0 Å². The van der Waals surface area contributed by atoms with Gasteiger partial charge in [0.1, 0.15) is 6.04 Å². The maximum absolute atomic E-state index is 10.3. The Balaban J connectivity index is 3.68. The summed E-state index contributed by atoms with van der Waals surface area (Å²) in [7, 11) is 0. The first-order valence-electron chi connectivity index (χ1n) is 4.22. The molecular formula is C8H16N2O3. The SMILES string of the molecule is CC(C)(CCCC(N)C(=O)O)N=O. The Bertz CT molecular complexity index is 192. The number of nitrogens with two attached hydrogens (primary N) is 1. The lowest BCUT2D eigenvalue weighted by molar-refractivity contribution is -0.138. The predicted octanol–water partition coefficient (Wildman–Crippen LogP) is 1.11. The van der Waals surface area contributed by atoms with Gasteiger partial charge in [-0.25, -0.2) is 0 Å². The van der Waals surface area contributed by atoms with Crippen molar-refractivity contribution < 1.29 is 9.90 Å². The van der Waals surface area contributed by atoms with Crippen LogP contribution in [-0.2, 0) is 4.79 Å². The average molecular weight is 188 g/mol. The molecule has 5 heteroatoms. The third-order valence-electron chi connectivity index (χ3n) is 1.87. The standard InChI is InChI=1S/C8H16N2O3/c1-8(2,10-13)5-3-4-6(9)7(11)12/h6H,3-5,9H2,1-2H3,(H,11,12). The maximum atomic E-state index is 10.3. The molecule has 13 heavy (non-hydrogen) atoms. The molecule has 0 amide bonds.